The molecule has 0 radical (unpaired) electrons. The van der Waals surface area contributed by atoms with Gasteiger partial charge < -0.3 is 10.3 Å². The van der Waals surface area contributed by atoms with Crippen LogP contribution in [0.3, 0.4) is 0 Å². The molecule has 0 spiro atoms. The van der Waals surface area contributed by atoms with Crippen LogP contribution in [0.5, 0.6) is 0 Å². The number of fused-ring (bicyclic) bond motifs is 1. The number of rotatable bonds is 2. The molecule has 2 heterocycles. The van der Waals surface area contributed by atoms with Crippen LogP contribution in [-0.4, -0.2) is 26.0 Å². The van der Waals surface area contributed by atoms with Gasteiger partial charge >= 0.3 is 0 Å². The Balaban J connectivity index is 1.92. The van der Waals surface area contributed by atoms with Crippen molar-refractivity contribution in [3.63, 3.8) is 0 Å². The topological polar surface area (TPSA) is 56.7 Å². The predicted octanol–water partition coefficient (Wildman–Crippen LogP) is 2.86. The van der Waals surface area contributed by atoms with Gasteiger partial charge in [0.15, 0.2) is 0 Å². The molecule has 1 aliphatic carbocycles. The molecule has 1 fully saturated rings. The van der Waals surface area contributed by atoms with E-state index in [9.17, 15) is 0 Å². The number of imidazole rings is 1. The molecule has 0 atom stereocenters. The van der Waals surface area contributed by atoms with Gasteiger partial charge in [0.25, 0.3) is 0 Å². The second-order valence-electron chi connectivity index (χ2n) is 4.87. The predicted molar refractivity (Wildman–Crippen MR) is 76.7 cm³/mol. The van der Waals surface area contributed by atoms with E-state index in [1.165, 1.54) is 25.7 Å². The number of anilines is 1. The van der Waals surface area contributed by atoms with Crippen LogP contribution in [-0.2, 0) is 0 Å². The Morgan fingerprint density at radius 2 is 2.11 bits per heavy atom. The molecule has 2 aromatic heterocycles. The molecule has 1 saturated carbocycles. The lowest BCUT2D eigenvalue weighted by molar-refractivity contribution is 0.370. The zero-order valence-electron chi connectivity index (χ0n) is 10.5. The van der Waals surface area contributed by atoms with E-state index in [0.717, 1.165) is 16.3 Å². The monoisotopic (exact) mass is 262 g/mol. The molecule has 0 bridgehead atoms. The van der Waals surface area contributed by atoms with Gasteiger partial charge in [-0.2, -0.15) is 11.8 Å². The Bertz CT molecular complexity index is 543. The first-order chi connectivity index (χ1) is 8.79. The van der Waals surface area contributed by atoms with Gasteiger partial charge in [-0.3, -0.25) is 4.98 Å². The standard InChI is InChI=1S/C13H18N4S/c1-18-10-4-2-9(3-5-10)17-12-6-7-15-8-11(12)16-13(17)14/h6-10H,2-5H2,1H3,(H2,14,16). The molecule has 1 aliphatic rings. The molecule has 0 aliphatic heterocycles. The average molecular weight is 262 g/mol. The lowest BCUT2D eigenvalue weighted by Crippen LogP contribution is -2.20. The number of nitrogens with two attached hydrogens (primary N) is 1. The summed E-state index contributed by atoms with van der Waals surface area (Å²) in [4.78, 5) is 8.50. The Morgan fingerprint density at radius 1 is 1.33 bits per heavy atom. The number of nitrogen functional groups attached to an aromatic ring is 1. The summed E-state index contributed by atoms with van der Waals surface area (Å²) in [6.45, 7) is 0. The van der Waals surface area contributed by atoms with Gasteiger partial charge in [-0.25, -0.2) is 4.98 Å². The van der Waals surface area contributed by atoms with Crippen molar-refractivity contribution in [1.82, 2.24) is 14.5 Å². The average Bonchev–Trinajstić information content (AvgIpc) is 2.75. The van der Waals surface area contributed by atoms with Crippen molar-refractivity contribution in [2.24, 2.45) is 0 Å². The van der Waals surface area contributed by atoms with E-state index in [-0.39, 0.29) is 0 Å². The molecule has 0 saturated heterocycles. The highest BCUT2D eigenvalue weighted by Crippen LogP contribution is 2.36. The number of pyridine rings is 1. The van der Waals surface area contributed by atoms with Gasteiger partial charge in [-0.15, -0.1) is 0 Å². The van der Waals surface area contributed by atoms with Gasteiger partial charge in [0.05, 0.1) is 11.7 Å². The Morgan fingerprint density at radius 3 is 2.83 bits per heavy atom. The highest BCUT2D eigenvalue weighted by atomic mass is 32.2. The summed E-state index contributed by atoms with van der Waals surface area (Å²) >= 11 is 1.99. The first kappa shape index (κ1) is 11.8. The minimum absolute atomic E-state index is 0.501. The molecular formula is C13H18N4S. The van der Waals surface area contributed by atoms with E-state index in [2.05, 4.69) is 20.8 Å². The van der Waals surface area contributed by atoms with Crippen molar-refractivity contribution in [3.8, 4) is 0 Å². The van der Waals surface area contributed by atoms with E-state index in [1.807, 2.05) is 24.0 Å². The van der Waals surface area contributed by atoms with Gasteiger partial charge in [0.2, 0.25) is 5.95 Å². The molecule has 4 nitrogen and oxygen atoms in total. The van der Waals surface area contributed by atoms with E-state index in [1.54, 1.807) is 6.20 Å². The summed E-state index contributed by atoms with van der Waals surface area (Å²) in [7, 11) is 0. The zero-order valence-corrected chi connectivity index (χ0v) is 11.4. The first-order valence-electron chi connectivity index (χ1n) is 6.40. The van der Waals surface area contributed by atoms with Crippen LogP contribution in [0.25, 0.3) is 11.0 Å². The van der Waals surface area contributed by atoms with Crippen molar-refractivity contribution >= 4 is 28.7 Å². The maximum Gasteiger partial charge on any atom is 0.201 e. The molecule has 0 amide bonds. The summed E-state index contributed by atoms with van der Waals surface area (Å²) in [6, 6.07) is 2.51. The zero-order chi connectivity index (χ0) is 12.5. The highest BCUT2D eigenvalue weighted by molar-refractivity contribution is 7.99. The van der Waals surface area contributed by atoms with Crippen LogP contribution in [0.1, 0.15) is 31.7 Å². The lowest BCUT2D eigenvalue weighted by atomic mass is 9.94. The minimum atomic E-state index is 0.501. The van der Waals surface area contributed by atoms with Crippen LogP contribution in [0.15, 0.2) is 18.5 Å². The molecule has 18 heavy (non-hydrogen) atoms. The first-order valence-corrected chi connectivity index (χ1v) is 7.68. The van der Waals surface area contributed by atoms with Crippen LogP contribution in [0.2, 0.25) is 0 Å². The van der Waals surface area contributed by atoms with Gasteiger partial charge in [-0.1, -0.05) is 0 Å². The van der Waals surface area contributed by atoms with Crippen LogP contribution >= 0.6 is 11.8 Å². The third kappa shape index (κ3) is 1.96. The summed E-state index contributed by atoms with van der Waals surface area (Å²) in [5, 5.41) is 0.818. The third-order valence-corrected chi connectivity index (χ3v) is 5.00. The van der Waals surface area contributed by atoms with E-state index < -0.39 is 0 Å². The number of hydrogen-bond donors (Lipinski definition) is 1. The highest BCUT2D eigenvalue weighted by Gasteiger charge is 2.24. The fourth-order valence-electron chi connectivity index (χ4n) is 2.89. The molecule has 3 rings (SSSR count). The quantitative estimate of drug-likeness (QED) is 0.904. The Kier molecular flexibility index (Phi) is 3.16. The molecule has 96 valence electrons. The Labute approximate surface area is 111 Å². The molecule has 2 N–H and O–H groups in total. The number of nitrogens with zero attached hydrogens (tertiary/aromatic N) is 3. The van der Waals surface area contributed by atoms with E-state index >= 15 is 0 Å². The number of aromatic nitrogens is 3. The van der Waals surface area contributed by atoms with E-state index in [4.69, 9.17) is 5.73 Å². The van der Waals surface area contributed by atoms with Crippen molar-refractivity contribution in [2.45, 2.75) is 37.0 Å². The van der Waals surface area contributed by atoms with Gasteiger partial charge in [0.1, 0.15) is 5.52 Å². The summed E-state index contributed by atoms with van der Waals surface area (Å²) in [5.41, 5.74) is 8.10. The van der Waals surface area contributed by atoms with Crippen LogP contribution in [0, 0.1) is 0 Å². The summed E-state index contributed by atoms with van der Waals surface area (Å²) in [6.07, 6.45) is 10.7. The molecule has 0 aromatic carbocycles. The molecule has 0 unspecified atom stereocenters. The fourth-order valence-corrected chi connectivity index (χ4v) is 3.64. The van der Waals surface area contributed by atoms with Crippen LogP contribution in [0.4, 0.5) is 5.95 Å². The maximum atomic E-state index is 6.07. The van der Waals surface area contributed by atoms with Crippen molar-refractivity contribution in [2.75, 3.05) is 12.0 Å². The van der Waals surface area contributed by atoms with Crippen molar-refractivity contribution < 1.29 is 0 Å². The summed E-state index contributed by atoms with van der Waals surface area (Å²) < 4.78 is 2.20. The normalized spacial score (nSPS) is 24.5. The third-order valence-electron chi connectivity index (χ3n) is 3.86. The molecular weight excluding hydrogens is 244 g/mol. The summed E-state index contributed by atoms with van der Waals surface area (Å²) in [5.74, 6) is 0.630. The van der Waals surface area contributed by atoms with Crippen molar-refractivity contribution in [1.29, 1.82) is 0 Å². The van der Waals surface area contributed by atoms with Gasteiger partial charge in [-0.05, 0) is 38.0 Å². The SMILES string of the molecule is CSC1CCC(n2c(N)nc3cnccc32)CC1. The van der Waals surface area contributed by atoms with Crippen LogP contribution < -0.4 is 5.73 Å². The van der Waals surface area contributed by atoms with Gasteiger partial charge in [0, 0.05) is 17.5 Å². The number of hydrogen-bond acceptors (Lipinski definition) is 4. The lowest BCUT2D eigenvalue weighted by Gasteiger charge is -2.29. The van der Waals surface area contributed by atoms with Crippen molar-refractivity contribution in [3.05, 3.63) is 18.5 Å². The number of thioether (sulfide) groups is 1. The second-order valence-corrected chi connectivity index (χ2v) is 6.01. The molecule has 5 heteroatoms. The smallest absolute Gasteiger partial charge is 0.201 e. The fraction of sp³-hybridized carbons (Fsp3) is 0.538. The second kappa shape index (κ2) is 4.80. The molecule has 2 aromatic rings. The minimum Gasteiger partial charge on any atom is -0.369 e. The van der Waals surface area contributed by atoms with E-state index in [0.29, 0.717) is 12.0 Å². The Hall–Kier alpha value is -1.23. The maximum absolute atomic E-state index is 6.07. The largest absolute Gasteiger partial charge is 0.369 e.